The highest BCUT2D eigenvalue weighted by molar-refractivity contribution is 5.53. The zero-order chi connectivity index (χ0) is 28.6. The summed E-state index contributed by atoms with van der Waals surface area (Å²) in [7, 11) is 16.1. The molecule has 0 aliphatic heterocycles. The van der Waals surface area contributed by atoms with E-state index in [0.717, 1.165) is 34.9 Å². The summed E-state index contributed by atoms with van der Waals surface area (Å²) in [5.74, 6) is 3.86. The van der Waals surface area contributed by atoms with Crippen molar-refractivity contribution in [2.75, 3.05) is 76.0 Å². The Morgan fingerprint density at radius 2 is 0.775 bits per heavy atom. The summed E-state index contributed by atoms with van der Waals surface area (Å²) in [5.41, 5.74) is 4.68. The van der Waals surface area contributed by atoms with Gasteiger partial charge in [0.2, 0.25) is 11.9 Å². The molecule has 0 bridgehead atoms. The van der Waals surface area contributed by atoms with Crippen LogP contribution in [-0.2, 0) is 0 Å². The van der Waals surface area contributed by atoms with Gasteiger partial charge in [0.1, 0.15) is 11.6 Å². The van der Waals surface area contributed by atoms with Crippen molar-refractivity contribution in [3.63, 3.8) is 0 Å². The van der Waals surface area contributed by atoms with Crippen molar-refractivity contribution in [3.8, 4) is 0 Å². The maximum Gasteiger partial charge on any atom is 0.227 e. The van der Waals surface area contributed by atoms with Gasteiger partial charge in [-0.15, -0.1) is 0 Å². The van der Waals surface area contributed by atoms with Crippen molar-refractivity contribution in [1.29, 1.82) is 0 Å². The van der Waals surface area contributed by atoms with E-state index in [4.69, 9.17) is 19.9 Å². The van der Waals surface area contributed by atoms with Crippen molar-refractivity contribution in [2.45, 2.75) is 23.7 Å². The second-order valence-electron chi connectivity index (χ2n) is 11.4. The van der Waals surface area contributed by atoms with Crippen molar-refractivity contribution < 1.29 is 0 Å². The van der Waals surface area contributed by atoms with E-state index in [1.165, 1.54) is 11.1 Å². The number of hydrogen-bond acceptors (Lipinski definition) is 8. The van der Waals surface area contributed by atoms with E-state index in [1.807, 2.05) is 66.2 Å². The topological polar surface area (TPSA) is 64.5 Å². The van der Waals surface area contributed by atoms with Crippen LogP contribution < -0.4 is 19.6 Å². The molecule has 0 unspecified atom stereocenters. The summed E-state index contributed by atoms with van der Waals surface area (Å²) in [4.78, 5) is 28.0. The monoisotopic (exact) mass is 536 g/mol. The lowest BCUT2D eigenvalue weighted by Crippen LogP contribution is -2.41. The van der Waals surface area contributed by atoms with Crippen molar-refractivity contribution in [2.24, 2.45) is 0 Å². The third-order valence-electron chi connectivity index (χ3n) is 7.76. The summed E-state index contributed by atoms with van der Waals surface area (Å²) in [6.07, 6.45) is 0. The van der Waals surface area contributed by atoms with Crippen LogP contribution in [0.2, 0.25) is 0 Å². The molecule has 1 fully saturated rings. The average molecular weight is 537 g/mol. The minimum absolute atomic E-state index is 0.135. The van der Waals surface area contributed by atoms with Crippen LogP contribution in [-0.4, -0.2) is 76.3 Å². The molecule has 0 amide bonds. The zero-order valence-electron chi connectivity index (χ0n) is 24.8. The number of aromatic nitrogens is 4. The van der Waals surface area contributed by atoms with E-state index in [-0.39, 0.29) is 23.7 Å². The Kier molecular flexibility index (Phi) is 7.61. The van der Waals surface area contributed by atoms with Crippen molar-refractivity contribution in [3.05, 3.63) is 95.3 Å². The SMILES string of the molecule is CN(C)c1cc(C2C(c3ccccc3)C(c3cc(N(C)C)nc(N(C)C)n3)C2c2ccccc2)nc(N(C)C)n1. The van der Waals surface area contributed by atoms with Crippen molar-refractivity contribution in [1.82, 2.24) is 19.9 Å². The first-order valence-corrected chi connectivity index (χ1v) is 13.7. The van der Waals surface area contributed by atoms with Gasteiger partial charge in [-0.1, -0.05) is 60.7 Å². The quantitative estimate of drug-likeness (QED) is 0.313. The molecule has 0 N–H and O–H groups in total. The normalized spacial score (nSPS) is 20.0. The van der Waals surface area contributed by atoms with E-state index < -0.39 is 0 Å². The molecular weight excluding hydrogens is 496 g/mol. The predicted octanol–water partition coefficient (Wildman–Crippen LogP) is 4.98. The molecule has 4 aromatic rings. The molecule has 1 aliphatic carbocycles. The highest BCUT2D eigenvalue weighted by Crippen LogP contribution is 2.66. The Morgan fingerprint density at radius 1 is 0.425 bits per heavy atom. The number of rotatable bonds is 8. The largest absolute Gasteiger partial charge is 0.363 e. The Balaban J connectivity index is 1.76. The number of hydrogen-bond donors (Lipinski definition) is 0. The molecule has 1 saturated carbocycles. The van der Waals surface area contributed by atoms with E-state index in [2.05, 4.69) is 82.6 Å². The van der Waals surface area contributed by atoms with Crippen LogP contribution in [0.5, 0.6) is 0 Å². The lowest BCUT2D eigenvalue weighted by Gasteiger charge is -2.52. The van der Waals surface area contributed by atoms with Crippen LogP contribution in [0.15, 0.2) is 72.8 Å². The highest BCUT2D eigenvalue weighted by atomic mass is 15.3. The van der Waals surface area contributed by atoms with Crippen LogP contribution >= 0.6 is 0 Å². The second-order valence-corrected chi connectivity index (χ2v) is 11.4. The van der Waals surface area contributed by atoms with Gasteiger partial charge in [-0.2, -0.15) is 9.97 Å². The second kappa shape index (κ2) is 11.1. The Morgan fingerprint density at radius 3 is 1.07 bits per heavy atom. The molecule has 40 heavy (non-hydrogen) atoms. The van der Waals surface area contributed by atoms with Gasteiger partial charge in [0.05, 0.1) is 11.4 Å². The Bertz CT molecular complexity index is 1260. The van der Waals surface area contributed by atoms with Gasteiger partial charge in [-0.3, -0.25) is 0 Å². The molecule has 0 radical (unpaired) electrons. The predicted molar refractivity (Wildman–Crippen MR) is 165 cm³/mol. The Hall–Kier alpha value is -4.20. The molecule has 8 nitrogen and oxygen atoms in total. The molecular formula is C32H40N8. The van der Waals surface area contributed by atoms with Gasteiger partial charge in [0, 0.05) is 92.2 Å². The maximum atomic E-state index is 5.15. The number of benzene rings is 2. The summed E-state index contributed by atoms with van der Waals surface area (Å²) < 4.78 is 0. The third-order valence-corrected chi connectivity index (χ3v) is 7.76. The molecule has 208 valence electrons. The van der Waals surface area contributed by atoms with Crippen LogP contribution in [0.25, 0.3) is 0 Å². The minimum atomic E-state index is 0.135. The van der Waals surface area contributed by atoms with Gasteiger partial charge in [-0.05, 0) is 11.1 Å². The van der Waals surface area contributed by atoms with Gasteiger partial charge in [0.15, 0.2) is 0 Å². The fraction of sp³-hybridized carbons (Fsp3) is 0.375. The molecule has 2 heterocycles. The zero-order valence-corrected chi connectivity index (χ0v) is 24.8. The molecule has 8 heteroatoms. The van der Waals surface area contributed by atoms with Crippen LogP contribution in [0.4, 0.5) is 23.5 Å². The first-order valence-electron chi connectivity index (χ1n) is 13.7. The molecule has 1 aliphatic rings. The van der Waals surface area contributed by atoms with E-state index in [0.29, 0.717) is 0 Å². The average Bonchev–Trinajstić information content (AvgIpc) is 2.93. The lowest BCUT2D eigenvalue weighted by molar-refractivity contribution is 0.220. The maximum absolute atomic E-state index is 5.15. The molecule has 2 aromatic heterocycles. The molecule has 0 atom stereocenters. The van der Waals surface area contributed by atoms with Crippen LogP contribution in [0, 0.1) is 0 Å². The minimum Gasteiger partial charge on any atom is -0.363 e. The number of anilines is 4. The fourth-order valence-electron chi connectivity index (χ4n) is 5.74. The molecule has 0 saturated heterocycles. The molecule has 0 spiro atoms. The number of nitrogens with zero attached hydrogens (tertiary/aromatic N) is 8. The first-order chi connectivity index (χ1) is 19.2. The van der Waals surface area contributed by atoms with Crippen molar-refractivity contribution >= 4 is 23.5 Å². The highest BCUT2D eigenvalue weighted by Gasteiger charge is 2.54. The fourth-order valence-corrected chi connectivity index (χ4v) is 5.74. The summed E-state index contributed by atoms with van der Waals surface area (Å²) >= 11 is 0. The summed E-state index contributed by atoms with van der Waals surface area (Å²) in [6, 6.07) is 26.0. The van der Waals surface area contributed by atoms with Crippen LogP contribution in [0.1, 0.15) is 46.2 Å². The van der Waals surface area contributed by atoms with Gasteiger partial charge in [0.25, 0.3) is 0 Å². The first kappa shape index (κ1) is 27.4. The van der Waals surface area contributed by atoms with E-state index >= 15 is 0 Å². The molecule has 2 aromatic carbocycles. The van der Waals surface area contributed by atoms with Gasteiger partial charge in [-0.25, -0.2) is 9.97 Å². The van der Waals surface area contributed by atoms with Gasteiger partial charge < -0.3 is 19.6 Å². The van der Waals surface area contributed by atoms with Crippen LogP contribution in [0.3, 0.4) is 0 Å². The molecule has 5 rings (SSSR count). The standard InChI is InChI=1S/C32H40N8/c1-37(2)25-19-23(33-31(35-25)39(5)6)29-27(21-15-11-9-12-16-21)30(28(29)22-17-13-10-14-18-22)24-20-26(38(3)4)36-32(34-24)40(7)8/h9-20,27-30H,1-8H3. The van der Waals surface area contributed by atoms with E-state index in [1.54, 1.807) is 0 Å². The van der Waals surface area contributed by atoms with E-state index in [9.17, 15) is 0 Å². The summed E-state index contributed by atoms with van der Waals surface area (Å²) in [6.45, 7) is 0. The smallest absolute Gasteiger partial charge is 0.227 e. The lowest BCUT2D eigenvalue weighted by atomic mass is 9.50. The van der Waals surface area contributed by atoms with Gasteiger partial charge >= 0.3 is 0 Å². The summed E-state index contributed by atoms with van der Waals surface area (Å²) in [5, 5.41) is 0. The third kappa shape index (κ3) is 5.18. The Labute approximate surface area is 238 Å².